The Labute approximate surface area is 235 Å². The molecule has 0 amide bonds. The van der Waals surface area contributed by atoms with Gasteiger partial charge in [0.25, 0.3) is 0 Å². The predicted molar refractivity (Wildman–Crippen MR) is 161 cm³/mol. The molecule has 0 bridgehead atoms. The van der Waals surface area contributed by atoms with E-state index in [0.29, 0.717) is 11.7 Å². The van der Waals surface area contributed by atoms with Gasteiger partial charge < -0.3 is 19.9 Å². The van der Waals surface area contributed by atoms with E-state index in [1.807, 2.05) is 6.20 Å². The monoisotopic (exact) mass is 534 g/mol. The van der Waals surface area contributed by atoms with Gasteiger partial charge in [0, 0.05) is 73.6 Å². The SMILES string of the molecule is Cc1ccc(-c2nc(N)c3nc(C4(C)CC(CN5CCN(C)CC5)C4)cn3c2-c2ccc3ncc(C)n3c2)cc1. The van der Waals surface area contributed by atoms with Gasteiger partial charge in [-0.05, 0) is 51.8 Å². The second-order valence-electron chi connectivity index (χ2n) is 12.4. The summed E-state index contributed by atoms with van der Waals surface area (Å²) in [5.74, 6) is 1.17. The van der Waals surface area contributed by atoms with Crippen molar-refractivity contribution in [3.8, 4) is 22.5 Å². The molecule has 8 nitrogen and oxygen atoms in total. The average Bonchev–Trinajstić information content (AvgIpc) is 3.54. The number of hydrogen-bond acceptors (Lipinski definition) is 6. The summed E-state index contributed by atoms with van der Waals surface area (Å²) in [5, 5.41) is 0. The minimum absolute atomic E-state index is 0.0435. The second-order valence-corrected chi connectivity index (χ2v) is 12.4. The lowest BCUT2D eigenvalue weighted by atomic mass is 9.61. The summed E-state index contributed by atoms with van der Waals surface area (Å²) in [6.07, 6.45) is 8.58. The fourth-order valence-corrected chi connectivity index (χ4v) is 6.74. The molecule has 1 saturated carbocycles. The third kappa shape index (κ3) is 4.26. The van der Waals surface area contributed by atoms with Gasteiger partial charge in [0.1, 0.15) is 5.65 Å². The van der Waals surface area contributed by atoms with Crippen LogP contribution in [0.1, 0.15) is 36.7 Å². The van der Waals surface area contributed by atoms with E-state index in [4.69, 9.17) is 15.7 Å². The lowest BCUT2D eigenvalue weighted by molar-refractivity contribution is 0.0748. The van der Waals surface area contributed by atoms with Gasteiger partial charge in [-0.15, -0.1) is 0 Å². The number of nitrogens with zero attached hydrogens (tertiary/aromatic N) is 7. The number of aromatic nitrogens is 5. The van der Waals surface area contributed by atoms with E-state index in [-0.39, 0.29) is 5.41 Å². The quantitative estimate of drug-likeness (QED) is 0.348. The molecule has 0 unspecified atom stereocenters. The van der Waals surface area contributed by atoms with Crippen molar-refractivity contribution in [2.45, 2.75) is 39.0 Å². The molecule has 2 fully saturated rings. The van der Waals surface area contributed by atoms with Crippen LogP contribution in [0.2, 0.25) is 0 Å². The largest absolute Gasteiger partial charge is 0.381 e. The Kier molecular flexibility index (Phi) is 5.94. The average molecular weight is 535 g/mol. The van der Waals surface area contributed by atoms with Crippen molar-refractivity contribution in [2.24, 2.45) is 5.92 Å². The summed E-state index contributed by atoms with van der Waals surface area (Å²) in [4.78, 5) is 19.7. The Hall–Kier alpha value is -3.75. The van der Waals surface area contributed by atoms with Crippen LogP contribution in [0.5, 0.6) is 0 Å². The molecule has 1 aromatic carbocycles. The lowest BCUT2D eigenvalue weighted by Gasteiger charge is -2.47. The predicted octanol–water partition coefficient (Wildman–Crippen LogP) is 4.83. The molecular formula is C32H38N8. The van der Waals surface area contributed by atoms with Crippen molar-refractivity contribution in [3.05, 3.63) is 71.9 Å². The molecule has 1 aliphatic heterocycles. The highest BCUT2D eigenvalue weighted by Gasteiger charge is 2.44. The second kappa shape index (κ2) is 9.42. The Morgan fingerprint density at radius 2 is 1.62 bits per heavy atom. The zero-order valence-corrected chi connectivity index (χ0v) is 23.9. The summed E-state index contributed by atoms with van der Waals surface area (Å²) < 4.78 is 4.31. The van der Waals surface area contributed by atoms with E-state index >= 15 is 0 Å². The van der Waals surface area contributed by atoms with E-state index in [1.165, 1.54) is 38.3 Å². The van der Waals surface area contributed by atoms with Crippen LogP contribution in [-0.2, 0) is 5.41 Å². The molecule has 40 heavy (non-hydrogen) atoms. The van der Waals surface area contributed by atoms with Gasteiger partial charge >= 0.3 is 0 Å². The molecule has 1 aliphatic carbocycles. The number of nitrogen functional groups attached to an aromatic ring is 1. The summed E-state index contributed by atoms with van der Waals surface area (Å²) >= 11 is 0. The van der Waals surface area contributed by atoms with Gasteiger partial charge in [0.2, 0.25) is 0 Å². The van der Waals surface area contributed by atoms with E-state index in [9.17, 15) is 0 Å². The summed E-state index contributed by atoms with van der Waals surface area (Å²) in [6, 6.07) is 12.7. The van der Waals surface area contributed by atoms with Crippen molar-refractivity contribution in [2.75, 3.05) is 45.5 Å². The number of aryl methyl sites for hydroxylation is 2. The molecule has 0 atom stereocenters. The first-order chi connectivity index (χ1) is 19.3. The minimum atomic E-state index is 0.0435. The van der Waals surface area contributed by atoms with Crippen molar-refractivity contribution < 1.29 is 0 Å². The topological polar surface area (TPSA) is 80.0 Å². The Morgan fingerprint density at radius 1 is 0.900 bits per heavy atom. The van der Waals surface area contributed by atoms with Gasteiger partial charge in [-0.2, -0.15) is 0 Å². The zero-order chi connectivity index (χ0) is 27.6. The first-order valence-corrected chi connectivity index (χ1v) is 14.4. The van der Waals surface area contributed by atoms with E-state index in [2.05, 4.69) is 100 Å². The van der Waals surface area contributed by atoms with Crippen molar-refractivity contribution in [1.29, 1.82) is 0 Å². The maximum Gasteiger partial charge on any atom is 0.180 e. The molecule has 2 N–H and O–H groups in total. The zero-order valence-electron chi connectivity index (χ0n) is 23.9. The Balaban J connectivity index is 1.30. The Morgan fingerprint density at radius 3 is 2.38 bits per heavy atom. The normalized spacial score (nSPS) is 22.2. The molecule has 0 radical (unpaired) electrons. The first-order valence-electron chi connectivity index (χ1n) is 14.4. The van der Waals surface area contributed by atoms with Crippen LogP contribution in [-0.4, -0.2) is 73.3 Å². The van der Waals surface area contributed by atoms with Gasteiger partial charge in [0.05, 0.1) is 17.1 Å². The Bertz CT molecular complexity index is 1700. The fourth-order valence-electron chi connectivity index (χ4n) is 6.74. The van der Waals surface area contributed by atoms with Crippen molar-refractivity contribution >= 4 is 17.1 Å². The number of rotatable bonds is 5. The third-order valence-corrected chi connectivity index (χ3v) is 9.13. The molecule has 2 aliphatic rings. The molecule has 8 heteroatoms. The van der Waals surface area contributed by atoms with Crippen LogP contribution in [0.3, 0.4) is 0 Å². The maximum absolute atomic E-state index is 6.63. The highest BCUT2D eigenvalue weighted by atomic mass is 15.2. The molecule has 7 rings (SSSR count). The standard InChI is InChI=1S/C32H38N8/c1-21-5-7-24(8-6-21)28-29(25-9-10-27-34-17-22(2)39(27)19-25)40-20-26(35-31(40)30(33)36-28)32(3)15-23(16-32)18-38-13-11-37(4)12-14-38/h5-10,17,19-20,23H,11-16,18H2,1-4H3,(H2,33,36). The molecule has 0 spiro atoms. The highest BCUT2D eigenvalue weighted by Crippen LogP contribution is 2.48. The molecule has 5 heterocycles. The number of likely N-dealkylation sites (N-methyl/N-ethyl adjacent to an activating group) is 1. The van der Waals surface area contributed by atoms with Crippen LogP contribution in [0, 0.1) is 19.8 Å². The van der Waals surface area contributed by atoms with E-state index in [0.717, 1.165) is 58.0 Å². The fraction of sp³-hybridized carbons (Fsp3) is 0.406. The van der Waals surface area contributed by atoms with Gasteiger partial charge in [-0.3, -0.25) is 4.40 Å². The number of fused-ring (bicyclic) bond motifs is 2. The summed E-state index contributed by atoms with van der Waals surface area (Å²) in [7, 11) is 2.22. The third-order valence-electron chi connectivity index (χ3n) is 9.13. The van der Waals surface area contributed by atoms with Gasteiger partial charge in [0.15, 0.2) is 11.5 Å². The van der Waals surface area contributed by atoms with Crippen LogP contribution in [0.15, 0.2) is 55.0 Å². The number of anilines is 1. The van der Waals surface area contributed by atoms with Gasteiger partial charge in [-0.1, -0.05) is 36.8 Å². The summed E-state index contributed by atoms with van der Waals surface area (Å²) in [6.45, 7) is 12.4. The first kappa shape index (κ1) is 25.2. The number of imidazole rings is 2. The van der Waals surface area contributed by atoms with Gasteiger partial charge in [-0.25, -0.2) is 15.0 Å². The van der Waals surface area contributed by atoms with Crippen LogP contribution in [0.4, 0.5) is 5.82 Å². The minimum Gasteiger partial charge on any atom is -0.381 e. The number of piperazine rings is 1. The molecule has 206 valence electrons. The molecule has 1 saturated heterocycles. The lowest BCUT2D eigenvalue weighted by Crippen LogP contribution is -2.50. The number of pyridine rings is 1. The molecule has 4 aromatic heterocycles. The van der Waals surface area contributed by atoms with E-state index in [1.54, 1.807) is 0 Å². The smallest absolute Gasteiger partial charge is 0.180 e. The van der Waals surface area contributed by atoms with E-state index < -0.39 is 0 Å². The van der Waals surface area contributed by atoms with Crippen LogP contribution in [0.25, 0.3) is 33.8 Å². The maximum atomic E-state index is 6.63. The molecule has 5 aromatic rings. The molecular weight excluding hydrogens is 496 g/mol. The number of nitrogens with two attached hydrogens (primary N) is 1. The van der Waals surface area contributed by atoms with Crippen LogP contribution >= 0.6 is 0 Å². The summed E-state index contributed by atoms with van der Waals surface area (Å²) in [5.41, 5.74) is 15.7. The number of benzene rings is 1. The number of hydrogen-bond donors (Lipinski definition) is 1. The highest BCUT2D eigenvalue weighted by molar-refractivity contribution is 5.83. The van der Waals surface area contributed by atoms with Crippen molar-refractivity contribution in [1.82, 2.24) is 33.6 Å². The van der Waals surface area contributed by atoms with Crippen molar-refractivity contribution in [3.63, 3.8) is 0 Å². The van der Waals surface area contributed by atoms with Crippen LogP contribution < -0.4 is 5.73 Å².